The predicted molar refractivity (Wildman–Crippen MR) is 212 cm³/mol. The number of carbonyl (C=O) groups is 8. The second kappa shape index (κ2) is 18.3. The molecule has 1 fully saturated rings. The van der Waals surface area contributed by atoms with Gasteiger partial charge in [-0.2, -0.15) is 4.09 Å². The third-order valence-corrected chi connectivity index (χ3v) is 11.5. The molecule has 3 atom stereocenters. The summed E-state index contributed by atoms with van der Waals surface area (Å²) in [5.41, 5.74) is -4.28. The van der Waals surface area contributed by atoms with Gasteiger partial charge in [0.1, 0.15) is 40.6 Å². The number of carboxylic acids is 3. The zero-order valence-electron chi connectivity index (χ0n) is 33.1. The zero-order chi connectivity index (χ0) is 45.9. The SMILES string of the molecule is CO[C@@]1(NC(=O)C(NC(=O)c2c(C)oc3c(OC(C)=O)c(OC(C)=O)ccc3c2=O)c2ccc(OCC(=O)O)cc2)C(=O)N2C(C(=O)O)=C(CSn3nnnc3CC(=O)O)CS[C@@H]21. The number of ether oxygens (including phenoxy) is 4. The summed E-state index contributed by atoms with van der Waals surface area (Å²) in [5.74, 6) is -9.94. The fourth-order valence-corrected chi connectivity index (χ4v) is 8.87. The molecule has 6 rings (SSSR count). The number of hydrogen-bond donors (Lipinski definition) is 5. The van der Waals surface area contributed by atoms with Crippen molar-refractivity contribution in [3.05, 3.63) is 80.6 Å². The first kappa shape index (κ1) is 45.2. The number of rotatable bonds is 17. The van der Waals surface area contributed by atoms with E-state index in [2.05, 4.69) is 26.2 Å². The van der Waals surface area contributed by atoms with Crippen molar-refractivity contribution in [3.8, 4) is 17.2 Å². The number of aryl methyl sites for hydroxylation is 1. The molecule has 2 aromatic heterocycles. The van der Waals surface area contributed by atoms with E-state index in [0.29, 0.717) is 0 Å². The second-order valence-corrected chi connectivity index (χ2v) is 15.3. The van der Waals surface area contributed by atoms with Gasteiger partial charge >= 0.3 is 29.8 Å². The average Bonchev–Trinajstić information content (AvgIpc) is 3.66. The number of aliphatic carboxylic acids is 3. The average molecular weight is 912 g/mol. The van der Waals surface area contributed by atoms with Crippen LogP contribution in [0.5, 0.6) is 17.2 Å². The number of thioether (sulfide) groups is 1. The van der Waals surface area contributed by atoms with Crippen LogP contribution in [0, 0.1) is 6.92 Å². The number of methoxy groups -OCH3 is 1. The van der Waals surface area contributed by atoms with E-state index in [-0.39, 0.29) is 56.7 Å². The van der Waals surface area contributed by atoms with Crippen molar-refractivity contribution >= 4 is 82.2 Å². The van der Waals surface area contributed by atoms with Gasteiger partial charge in [0.25, 0.3) is 17.5 Å². The molecule has 2 aliphatic heterocycles. The molecule has 2 aliphatic rings. The van der Waals surface area contributed by atoms with Gasteiger partial charge in [0.05, 0.1) is 5.39 Å². The molecule has 26 heteroatoms. The Balaban J connectivity index is 1.32. The van der Waals surface area contributed by atoms with Gasteiger partial charge in [0.15, 0.2) is 23.8 Å². The Bertz CT molecular complexity index is 2680. The Kier molecular flexibility index (Phi) is 13.2. The van der Waals surface area contributed by atoms with Crippen LogP contribution in [0.25, 0.3) is 11.0 Å². The molecule has 1 saturated heterocycles. The van der Waals surface area contributed by atoms with E-state index in [0.717, 1.165) is 65.8 Å². The fraction of sp³-hybridized carbons (Fsp3) is 0.297. The number of benzene rings is 2. The van der Waals surface area contributed by atoms with Crippen LogP contribution < -0.4 is 30.3 Å². The van der Waals surface area contributed by atoms with Crippen molar-refractivity contribution in [3.63, 3.8) is 0 Å². The van der Waals surface area contributed by atoms with E-state index in [1.807, 2.05) is 0 Å². The number of fused-ring (bicyclic) bond motifs is 2. The van der Waals surface area contributed by atoms with E-state index in [4.69, 9.17) is 33.6 Å². The summed E-state index contributed by atoms with van der Waals surface area (Å²) in [7, 11) is 1.09. The minimum Gasteiger partial charge on any atom is -0.482 e. The Labute approximate surface area is 361 Å². The summed E-state index contributed by atoms with van der Waals surface area (Å²) in [4.78, 5) is 116. The molecule has 0 aliphatic carbocycles. The van der Waals surface area contributed by atoms with Crippen LogP contribution in [0.4, 0.5) is 0 Å². The fourth-order valence-electron chi connectivity index (χ4n) is 6.45. The van der Waals surface area contributed by atoms with Crippen LogP contribution in [-0.4, -0.2) is 124 Å². The first-order valence-corrected chi connectivity index (χ1v) is 20.0. The molecule has 4 aromatic rings. The number of aromatic nitrogens is 4. The molecular weight excluding hydrogens is 879 g/mol. The van der Waals surface area contributed by atoms with Gasteiger partial charge in [-0.15, -0.1) is 16.9 Å². The van der Waals surface area contributed by atoms with E-state index in [9.17, 15) is 48.3 Å². The summed E-state index contributed by atoms with van der Waals surface area (Å²) in [6, 6.07) is 5.74. The van der Waals surface area contributed by atoms with Gasteiger partial charge in [-0.05, 0) is 64.7 Å². The monoisotopic (exact) mass is 911 g/mol. The maximum Gasteiger partial charge on any atom is 0.352 e. The van der Waals surface area contributed by atoms with Crippen molar-refractivity contribution in [1.82, 2.24) is 35.1 Å². The maximum absolute atomic E-state index is 14.4. The smallest absolute Gasteiger partial charge is 0.352 e. The molecule has 1 unspecified atom stereocenters. The highest BCUT2D eigenvalue weighted by atomic mass is 32.2. The van der Waals surface area contributed by atoms with E-state index < -0.39 is 100 Å². The number of nitrogens with one attached hydrogen (secondary N) is 2. The lowest BCUT2D eigenvalue weighted by Crippen LogP contribution is -2.81. The van der Waals surface area contributed by atoms with Crippen molar-refractivity contribution in [2.75, 3.05) is 25.2 Å². The van der Waals surface area contributed by atoms with Gasteiger partial charge < -0.3 is 49.3 Å². The number of hydrogen-bond acceptors (Lipinski definition) is 19. The first-order valence-electron chi connectivity index (χ1n) is 18.0. The molecule has 5 N–H and O–H groups in total. The van der Waals surface area contributed by atoms with Crippen LogP contribution in [0.3, 0.4) is 0 Å². The topological polar surface area (TPSA) is 335 Å². The van der Waals surface area contributed by atoms with Gasteiger partial charge in [0.2, 0.25) is 17.1 Å². The third-order valence-electron chi connectivity index (χ3n) is 9.11. The lowest BCUT2D eigenvalue weighted by atomic mass is 9.96. The van der Waals surface area contributed by atoms with Gasteiger partial charge in [-0.1, -0.05) is 12.1 Å². The predicted octanol–water partition coefficient (Wildman–Crippen LogP) is 0.409. The summed E-state index contributed by atoms with van der Waals surface area (Å²) in [6.07, 6.45) is -0.514. The first-order chi connectivity index (χ1) is 29.9. The van der Waals surface area contributed by atoms with Crippen molar-refractivity contribution in [2.24, 2.45) is 0 Å². The maximum atomic E-state index is 14.4. The van der Waals surface area contributed by atoms with Gasteiger partial charge in [0, 0.05) is 32.5 Å². The standard InChI is InChI=1S/C37H33N7O17S2/c1-15-26(29(51)21-9-10-22(60-16(2)45)31(30(21)59-15)61-17(3)46)32(52)38-27(18-5-7-20(8-6-18)58-12-25(49)50)33(53)39-37(57-4)35(56)43-28(34(54)55)19(13-62-36(37)43)14-63-44-23(11-24(47)48)40-41-42-44/h5-10,27,36H,11-14H2,1-4H3,(H,38,52)(H,39,53)(H,47,48)(H,49,50)(H,54,55)/t27?,36-,37+/m1/s1. The normalized spacial score (nSPS) is 17.2. The minimum absolute atomic E-state index is 0.0169. The molecular formula is C37H33N7O17S2. The largest absolute Gasteiger partial charge is 0.482 e. The van der Waals surface area contributed by atoms with Gasteiger partial charge in [-0.3, -0.25) is 38.5 Å². The number of carboxylic acid groups (broad SMARTS) is 3. The number of β-lactam (4-membered cyclic amide) rings is 1. The van der Waals surface area contributed by atoms with Crippen LogP contribution in [0.2, 0.25) is 0 Å². The van der Waals surface area contributed by atoms with Crippen LogP contribution in [0.1, 0.15) is 47.4 Å². The van der Waals surface area contributed by atoms with Crippen molar-refractivity contribution in [2.45, 2.75) is 44.3 Å². The number of nitrogens with zero attached hydrogens (tertiary/aromatic N) is 5. The Morgan fingerprint density at radius 2 is 1.70 bits per heavy atom. The van der Waals surface area contributed by atoms with Crippen molar-refractivity contribution in [1.29, 1.82) is 0 Å². The molecule has 2 aromatic carbocycles. The summed E-state index contributed by atoms with van der Waals surface area (Å²) < 4.78 is 28.0. The van der Waals surface area contributed by atoms with Crippen LogP contribution in [0.15, 0.2) is 56.9 Å². The Morgan fingerprint density at radius 1 is 1.00 bits per heavy atom. The lowest BCUT2D eigenvalue weighted by molar-refractivity contribution is -0.192. The molecule has 4 heterocycles. The Morgan fingerprint density at radius 3 is 2.32 bits per heavy atom. The molecule has 63 heavy (non-hydrogen) atoms. The van der Waals surface area contributed by atoms with E-state index in [1.54, 1.807) is 0 Å². The van der Waals surface area contributed by atoms with E-state index >= 15 is 0 Å². The number of carbonyl (C=O) groups excluding carboxylic acids is 5. The highest BCUT2D eigenvalue weighted by molar-refractivity contribution is 8.00. The van der Waals surface area contributed by atoms with Gasteiger partial charge in [-0.25, -0.2) is 9.59 Å². The Hall–Kier alpha value is -7.32. The molecule has 24 nitrogen and oxygen atoms in total. The van der Waals surface area contributed by atoms with E-state index in [1.165, 1.54) is 31.2 Å². The molecule has 3 amide bonds. The number of esters is 2. The number of tetrazole rings is 1. The second-order valence-electron chi connectivity index (χ2n) is 13.3. The van der Waals surface area contributed by atoms with Crippen LogP contribution in [-0.2, 0) is 44.7 Å². The molecule has 0 saturated carbocycles. The summed E-state index contributed by atoms with van der Waals surface area (Å²) in [5, 5.41) is 42.8. The van der Waals surface area contributed by atoms with Crippen molar-refractivity contribution < 1.29 is 77.0 Å². The molecule has 0 spiro atoms. The molecule has 330 valence electrons. The number of amides is 3. The third kappa shape index (κ3) is 9.16. The molecule has 0 bridgehead atoms. The highest BCUT2D eigenvalue weighted by Crippen LogP contribution is 2.47. The lowest BCUT2D eigenvalue weighted by Gasteiger charge is -2.56. The minimum atomic E-state index is -2.20. The summed E-state index contributed by atoms with van der Waals surface area (Å²) in [6.45, 7) is 2.66. The quantitative estimate of drug-likeness (QED) is 0.0414. The molecule has 0 radical (unpaired) electrons. The summed E-state index contributed by atoms with van der Waals surface area (Å²) >= 11 is 1.91. The zero-order valence-corrected chi connectivity index (χ0v) is 34.7. The highest BCUT2D eigenvalue weighted by Gasteiger charge is 2.67. The van der Waals surface area contributed by atoms with Crippen LogP contribution >= 0.6 is 23.7 Å².